The molecule has 0 radical (unpaired) electrons. The number of fused-ring (bicyclic) bond motifs is 9. The Morgan fingerprint density at radius 2 is 1.05 bits per heavy atom. The molecule has 0 atom stereocenters. The van der Waals surface area contributed by atoms with Gasteiger partial charge in [0.1, 0.15) is 11.2 Å². The number of nitrogens with zero attached hydrogens (tertiary/aromatic N) is 2. The second-order valence-corrected chi connectivity index (χ2v) is 15.9. The fraction of sp³-hybridized carbons (Fsp3) is 0. The maximum absolute atomic E-state index is 6.57. The monoisotopic (exact) mass is 758 g/mol. The summed E-state index contributed by atoms with van der Waals surface area (Å²) in [5.74, 6) is 0. The minimum Gasteiger partial charge on any atom is -0.456 e. The molecule has 3 heterocycles. The van der Waals surface area contributed by atoms with E-state index < -0.39 is 0 Å². The Kier molecular flexibility index (Phi) is 7.40. The number of furan rings is 1. The van der Waals surface area contributed by atoms with Crippen LogP contribution in [0.3, 0.4) is 0 Å². The minimum atomic E-state index is 0.858. The van der Waals surface area contributed by atoms with Crippen molar-refractivity contribution in [3.63, 3.8) is 0 Å². The van der Waals surface area contributed by atoms with Crippen LogP contribution in [0.5, 0.6) is 0 Å². The van der Waals surface area contributed by atoms with Crippen molar-refractivity contribution in [2.45, 2.75) is 0 Å². The van der Waals surface area contributed by atoms with E-state index in [1.54, 1.807) is 0 Å². The number of thiophene rings is 1. The molecular weight excluding hydrogens is 725 g/mol. The Hall–Kier alpha value is -7.40. The topological polar surface area (TPSA) is 21.3 Å². The maximum atomic E-state index is 6.57. The maximum Gasteiger partial charge on any atom is 0.137 e. The third-order valence-electron chi connectivity index (χ3n) is 11.6. The van der Waals surface area contributed by atoms with Gasteiger partial charge in [0.25, 0.3) is 0 Å². The van der Waals surface area contributed by atoms with Crippen molar-refractivity contribution < 1.29 is 4.42 Å². The zero-order chi connectivity index (χ0) is 38.2. The summed E-state index contributed by atoms with van der Waals surface area (Å²) in [5.41, 5.74) is 13.2. The molecule has 0 amide bonds. The summed E-state index contributed by atoms with van der Waals surface area (Å²) in [7, 11) is 0. The second kappa shape index (κ2) is 13.1. The molecular formula is C54H34N2OS. The van der Waals surface area contributed by atoms with E-state index in [4.69, 9.17) is 4.42 Å². The highest BCUT2D eigenvalue weighted by atomic mass is 32.1. The summed E-state index contributed by atoms with van der Waals surface area (Å²) in [6, 6.07) is 74.5. The lowest BCUT2D eigenvalue weighted by Crippen LogP contribution is -2.12. The van der Waals surface area contributed by atoms with Gasteiger partial charge in [-0.05, 0) is 89.5 Å². The van der Waals surface area contributed by atoms with Crippen molar-refractivity contribution in [2.24, 2.45) is 0 Å². The molecule has 3 nitrogen and oxygen atoms in total. The molecule has 4 heteroatoms. The van der Waals surface area contributed by atoms with Gasteiger partial charge in [-0.2, -0.15) is 0 Å². The van der Waals surface area contributed by atoms with Gasteiger partial charge in [-0.15, -0.1) is 11.3 Å². The van der Waals surface area contributed by atoms with E-state index in [0.717, 1.165) is 50.2 Å². The van der Waals surface area contributed by atoms with Gasteiger partial charge in [-0.25, -0.2) is 0 Å². The van der Waals surface area contributed by atoms with Crippen LogP contribution in [-0.2, 0) is 0 Å². The Balaban J connectivity index is 1.22. The molecule has 12 rings (SSSR count). The first-order valence-electron chi connectivity index (χ1n) is 19.7. The van der Waals surface area contributed by atoms with E-state index in [1.165, 1.54) is 58.7 Å². The molecule has 0 fully saturated rings. The van der Waals surface area contributed by atoms with E-state index in [-0.39, 0.29) is 0 Å². The van der Waals surface area contributed by atoms with Crippen LogP contribution in [0.2, 0.25) is 0 Å². The molecule has 9 aromatic carbocycles. The average molecular weight is 759 g/mol. The highest BCUT2D eigenvalue weighted by molar-refractivity contribution is 7.25. The van der Waals surface area contributed by atoms with Crippen molar-refractivity contribution in [3.8, 4) is 27.9 Å². The lowest BCUT2D eigenvalue weighted by atomic mass is 9.89. The normalized spacial score (nSPS) is 11.8. The van der Waals surface area contributed by atoms with Crippen molar-refractivity contribution in [3.05, 3.63) is 206 Å². The van der Waals surface area contributed by atoms with E-state index in [9.17, 15) is 0 Å². The third-order valence-corrected chi connectivity index (χ3v) is 12.7. The average Bonchev–Trinajstić information content (AvgIpc) is 3.97. The molecule has 0 aliphatic carbocycles. The summed E-state index contributed by atoms with van der Waals surface area (Å²) in [6.07, 6.45) is 0. The first-order chi connectivity index (χ1) is 28.8. The molecule has 0 saturated heterocycles. The zero-order valence-electron chi connectivity index (χ0n) is 31.3. The Labute approximate surface area is 338 Å². The van der Waals surface area contributed by atoms with Gasteiger partial charge < -0.3 is 13.9 Å². The Morgan fingerprint density at radius 1 is 0.414 bits per heavy atom. The van der Waals surface area contributed by atoms with Gasteiger partial charge in [0.15, 0.2) is 0 Å². The van der Waals surface area contributed by atoms with Crippen molar-refractivity contribution in [1.29, 1.82) is 0 Å². The Bertz CT molecular complexity index is 3520. The van der Waals surface area contributed by atoms with Gasteiger partial charge in [0.2, 0.25) is 0 Å². The number of para-hydroxylation sites is 3. The standard InChI is InChI=1S/C54H34N2OS/c1-3-16-35(17-4-1)38-23-13-26-46(52(38)42-24-14-31-51-53(42)41-22-9-12-30-50(41)58-51)56(47-27-15-29-49-54(47)40-21-8-11-28-48(40)57-49)37-32-33-45-43(34-37)39-20-7-10-25-44(39)55(45)36-18-5-2-6-19-36/h1-34H. The molecule has 0 bridgehead atoms. The van der Waals surface area contributed by atoms with Crippen LogP contribution in [0, 0.1) is 0 Å². The van der Waals surface area contributed by atoms with Crippen molar-refractivity contribution in [1.82, 2.24) is 4.57 Å². The van der Waals surface area contributed by atoms with Crippen LogP contribution in [0.1, 0.15) is 0 Å². The van der Waals surface area contributed by atoms with E-state index in [1.807, 2.05) is 17.4 Å². The molecule has 0 spiro atoms. The molecule has 0 aliphatic heterocycles. The van der Waals surface area contributed by atoms with Crippen molar-refractivity contribution >= 4 is 92.3 Å². The van der Waals surface area contributed by atoms with Crippen LogP contribution in [-0.4, -0.2) is 4.57 Å². The summed E-state index contributed by atoms with van der Waals surface area (Å²) >= 11 is 1.86. The van der Waals surface area contributed by atoms with E-state index >= 15 is 0 Å². The molecule has 0 saturated carbocycles. The van der Waals surface area contributed by atoms with Gasteiger partial charge in [0, 0.05) is 53.3 Å². The molecule has 3 aromatic heterocycles. The highest BCUT2D eigenvalue weighted by Gasteiger charge is 2.26. The Morgan fingerprint density at radius 3 is 1.93 bits per heavy atom. The number of anilines is 3. The van der Waals surface area contributed by atoms with E-state index in [0.29, 0.717) is 0 Å². The molecule has 0 unspecified atom stereocenters. The number of hydrogen-bond acceptors (Lipinski definition) is 3. The second-order valence-electron chi connectivity index (χ2n) is 14.8. The summed E-state index contributed by atoms with van der Waals surface area (Å²) < 4.78 is 11.5. The first kappa shape index (κ1) is 32.8. The number of hydrogen-bond donors (Lipinski definition) is 0. The largest absolute Gasteiger partial charge is 0.456 e. The SMILES string of the molecule is c1ccc(-c2cccc(N(c3ccc4c(c3)c3ccccc3n4-c3ccccc3)c3cccc4oc5ccccc5c34)c2-c2cccc3sc4ccccc4c23)cc1. The fourth-order valence-electron chi connectivity index (χ4n) is 9.16. The van der Waals surface area contributed by atoms with Crippen molar-refractivity contribution in [2.75, 3.05) is 4.90 Å². The predicted molar refractivity (Wildman–Crippen MR) is 247 cm³/mol. The quantitative estimate of drug-likeness (QED) is 0.168. The first-order valence-corrected chi connectivity index (χ1v) is 20.5. The smallest absolute Gasteiger partial charge is 0.137 e. The third kappa shape index (κ3) is 4.99. The van der Waals surface area contributed by atoms with Crippen LogP contribution in [0.25, 0.3) is 91.9 Å². The predicted octanol–water partition coefficient (Wildman–Crippen LogP) is 15.9. The van der Waals surface area contributed by atoms with Gasteiger partial charge in [-0.3, -0.25) is 0 Å². The van der Waals surface area contributed by atoms with Crippen LogP contribution in [0.4, 0.5) is 17.1 Å². The molecule has 0 aliphatic rings. The highest BCUT2D eigenvalue weighted by Crippen LogP contribution is 2.52. The molecule has 58 heavy (non-hydrogen) atoms. The van der Waals surface area contributed by atoms with Gasteiger partial charge in [0.05, 0.1) is 27.8 Å². The zero-order valence-corrected chi connectivity index (χ0v) is 32.2. The van der Waals surface area contributed by atoms with E-state index in [2.05, 4.69) is 210 Å². The summed E-state index contributed by atoms with van der Waals surface area (Å²) in [5, 5.41) is 7.13. The molecule has 0 N–H and O–H groups in total. The van der Waals surface area contributed by atoms with Gasteiger partial charge in [-0.1, -0.05) is 133 Å². The lowest BCUT2D eigenvalue weighted by molar-refractivity contribution is 0.669. The summed E-state index contributed by atoms with van der Waals surface area (Å²) in [6.45, 7) is 0. The van der Waals surface area contributed by atoms with Crippen LogP contribution >= 0.6 is 11.3 Å². The van der Waals surface area contributed by atoms with Crippen LogP contribution in [0.15, 0.2) is 211 Å². The number of aromatic nitrogens is 1. The number of rotatable bonds is 6. The van der Waals surface area contributed by atoms with Crippen LogP contribution < -0.4 is 4.90 Å². The molecule has 12 aromatic rings. The number of benzene rings is 9. The lowest BCUT2D eigenvalue weighted by Gasteiger charge is -2.30. The minimum absolute atomic E-state index is 0.858. The fourth-order valence-corrected chi connectivity index (χ4v) is 10.3. The van der Waals surface area contributed by atoms with Gasteiger partial charge >= 0.3 is 0 Å². The summed E-state index contributed by atoms with van der Waals surface area (Å²) in [4.78, 5) is 2.48. The molecule has 272 valence electrons.